The van der Waals surface area contributed by atoms with E-state index < -0.39 is 11.8 Å². The van der Waals surface area contributed by atoms with Gasteiger partial charge in [0.05, 0.1) is 32.0 Å². The Morgan fingerprint density at radius 2 is 1.58 bits per heavy atom. The molecule has 33 heavy (non-hydrogen) atoms. The van der Waals surface area contributed by atoms with Crippen molar-refractivity contribution in [3.63, 3.8) is 0 Å². The summed E-state index contributed by atoms with van der Waals surface area (Å²) in [6, 6.07) is 19.8. The molecule has 1 N–H and O–H groups in total. The number of para-hydroxylation sites is 1. The highest BCUT2D eigenvalue weighted by Crippen LogP contribution is 2.36. The van der Waals surface area contributed by atoms with Crippen LogP contribution in [0.3, 0.4) is 0 Å². The van der Waals surface area contributed by atoms with Crippen molar-refractivity contribution in [3.8, 4) is 11.5 Å². The topological polar surface area (TPSA) is 67.9 Å². The number of carbonyl (C=O) groups is 2. The minimum atomic E-state index is -0.441. The number of carbonyl (C=O) groups excluding carboxylic acids is 2. The zero-order valence-electron chi connectivity index (χ0n) is 18.5. The molecule has 0 atom stereocenters. The zero-order chi connectivity index (χ0) is 23.5. The van der Waals surface area contributed by atoms with Crippen molar-refractivity contribution in [2.75, 3.05) is 19.5 Å². The van der Waals surface area contributed by atoms with Gasteiger partial charge in [-0.05, 0) is 36.8 Å². The number of methoxy groups -OCH3 is 2. The lowest BCUT2D eigenvalue weighted by Crippen LogP contribution is -2.32. The third-order valence-electron chi connectivity index (χ3n) is 5.45. The summed E-state index contributed by atoms with van der Waals surface area (Å²) in [7, 11) is 3.08. The summed E-state index contributed by atoms with van der Waals surface area (Å²) in [5.74, 6) is 0.272. The van der Waals surface area contributed by atoms with E-state index in [1.54, 1.807) is 31.4 Å². The van der Waals surface area contributed by atoms with Gasteiger partial charge < -0.3 is 14.8 Å². The van der Waals surface area contributed by atoms with Crippen LogP contribution in [0.25, 0.3) is 5.57 Å². The summed E-state index contributed by atoms with van der Waals surface area (Å²) < 4.78 is 10.8. The highest BCUT2D eigenvalue weighted by atomic mass is 35.5. The Bertz CT molecular complexity index is 1250. The third kappa shape index (κ3) is 4.43. The molecule has 1 aliphatic rings. The van der Waals surface area contributed by atoms with Crippen molar-refractivity contribution in [2.24, 2.45) is 0 Å². The van der Waals surface area contributed by atoms with Gasteiger partial charge in [0.25, 0.3) is 11.8 Å². The molecule has 0 fully saturated rings. The fraction of sp³-hybridized carbons (Fsp3) is 0.154. The molecule has 0 spiro atoms. The minimum absolute atomic E-state index is 0.0783. The molecule has 7 heteroatoms. The molecule has 0 saturated carbocycles. The standard InChI is InChI=1S/C26H23ClN2O4/c1-16-8-10-17(11-9-16)23-24(28-20-14-19(27)12-13-22(20)33-3)26(31)29(25(23)30)15-18-6-4-5-7-21(18)32-2/h4-14,28H,15H2,1-3H3. The summed E-state index contributed by atoms with van der Waals surface area (Å²) in [6.07, 6.45) is 0. The largest absolute Gasteiger partial charge is 0.496 e. The van der Waals surface area contributed by atoms with E-state index in [-0.39, 0.29) is 17.8 Å². The van der Waals surface area contributed by atoms with Crippen molar-refractivity contribution >= 4 is 34.7 Å². The van der Waals surface area contributed by atoms with Crippen LogP contribution in [0.1, 0.15) is 16.7 Å². The maximum Gasteiger partial charge on any atom is 0.278 e. The average Bonchev–Trinajstić information content (AvgIpc) is 3.04. The van der Waals surface area contributed by atoms with Crippen LogP contribution in [0.4, 0.5) is 5.69 Å². The maximum absolute atomic E-state index is 13.5. The molecule has 4 rings (SSSR count). The van der Waals surface area contributed by atoms with Crippen LogP contribution in [-0.2, 0) is 16.1 Å². The van der Waals surface area contributed by atoms with Crippen LogP contribution in [0.2, 0.25) is 5.02 Å². The molecule has 0 bridgehead atoms. The highest BCUT2D eigenvalue weighted by molar-refractivity contribution is 6.36. The number of rotatable bonds is 7. The Morgan fingerprint density at radius 3 is 2.27 bits per heavy atom. The lowest BCUT2D eigenvalue weighted by atomic mass is 10.0. The number of anilines is 1. The van der Waals surface area contributed by atoms with Crippen molar-refractivity contribution in [1.29, 1.82) is 0 Å². The van der Waals surface area contributed by atoms with Gasteiger partial charge in [0, 0.05) is 10.6 Å². The van der Waals surface area contributed by atoms with Crippen LogP contribution < -0.4 is 14.8 Å². The molecule has 2 amide bonds. The van der Waals surface area contributed by atoms with E-state index in [1.807, 2.05) is 49.4 Å². The Labute approximate surface area is 197 Å². The summed E-state index contributed by atoms with van der Waals surface area (Å²) in [5, 5.41) is 3.59. The normalized spacial score (nSPS) is 13.5. The van der Waals surface area contributed by atoms with E-state index in [9.17, 15) is 9.59 Å². The van der Waals surface area contributed by atoms with Crippen LogP contribution in [0.15, 0.2) is 72.4 Å². The molecule has 0 saturated heterocycles. The smallest absolute Gasteiger partial charge is 0.278 e. The van der Waals surface area contributed by atoms with Crippen LogP contribution in [0, 0.1) is 6.92 Å². The molecule has 3 aromatic carbocycles. The SMILES string of the molecule is COc1ccccc1CN1C(=O)C(Nc2cc(Cl)ccc2OC)=C(c2ccc(C)cc2)C1=O. The van der Waals surface area contributed by atoms with Crippen molar-refractivity contribution in [3.05, 3.63) is 94.1 Å². The zero-order valence-corrected chi connectivity index (χ0v) is 19.3. The molecule has 0 aromatic heterocycles. The molecular formula is C26H23ClN2O4. The Morgan fingerprint density at radius 1 is 0.879 bits per heavy atom. The molecular weight excluding hydrogens is 440 g/mol. The van der Waals surface area contributed by atoms with Crippen LogP contribution >= 0.6 is 11.6 Å². The Balaban J connectivity index is 1.78. The first kappa shape index (κ1) is 22.4. The molecule has 0 aliphatic carbocycles. The van der Waals surface area contributed by atoms with Gasteiger partial charge in [-0.15, -0.1) is 0 Å². The Hall–Kier alpha value is -3.77. The molecule has 0 unspecified atom stereocenters. The fourth-order valence-electron chi connectivity index (χ4n) is 3.74. The number of amides is 2. The second-order valence-corrected chi connectivity index (χ2v) is 8.03. The van der Waals surface area contributed by atoms with Gasteiger partial charge in [-0.3, -0.25) is 14.5 Å². The maximum atomic E-state index is 13.5. The number of imide groups is 1. The Kier molecular flexibility index (Phi) is 6.38. The van der Waals surface area contributed by atoms with E-state index in [1.165, 1.54) is 12.0 Å². The first-order valence-electron chi connectivity index (χ1n) is 10.3. The van der Waals surface area contributed by atoms with E-state index in [2.05, 4.69) is 5.32 Å². The highest BCUT2D eigenvalue weighted by Gasteiger charge is 2.39. The van der Waals surface area contributed by atoms with E-state index >= 15 is 0 Å². The van der Waals surface area contributed by atoms with Gasteiger partial charge >= 0.3 is 0 Å². The lowest BCUT2D eigenvalue weighted by molar-refractivity contribution is -0.137. The minimum Gasteiger partial charge on any atom is -0.496 e. The second kappa shape index (κ2) is 9.38. The first-order valence-corrected chi connectivity index (χ1v) is 10.7. The number of hydrogen-bond acceptors (Lipinski definition) is 5. The van der Waals surface area contributed by atoms with Gasteiger partial charge in [0.15, 0.2) is 0 Å². The number of hydrogen-bond donors (Lipinski definition) is 1. The number of nitrogens with one attached hydrogen (secondary N) is 1. The summed E-state index contributed by atoms with van der Waals surface area (Å²) in [4.78, 5) is 28.3. The number of aryl methyl sites for hydroxylation is 1. The monoisotopic (exact) mass is 462 g/mol. The third-order valence-corrected chi connectivity index (χ3v) is 5.69. The number of halogens is 1. The summed E-state index contributed by atoms with van der Waals surface area (Å²) in [6.45, 7) is 2.04. The number of benzene rings is 3. The van der Waals surface area contributed by atoms with Gasteiger partial charge in [-0.25, -0.2) is 0 Å². The summed E-state index contributed by atoms with van der Waals surface area (Å²) in [5.41, 5.74) is 3.37. The van der Waals surface area contributed by atoms with Gasteiger partial charge in [0.2, 0.25) is 0 Å². The fourth-order valence-corrected chi connectivity index (χ4v) is 3.91. The van der Waals surface area contributed by atoms with Crippen molar-refractivity contribution < 1.29 is 19.1 Å². The molecule has 0 radical (unpaired) electrons. The quantitative estimate of drug-likeness (QED) is 0.497. The number of nitrogens with zero attached hydrogens (tertiary/aromatic N) is 1. The second-order valence-electron chi connectivity index (χ2n) is 7.59. The van der Waals surface area contributed by atoms with Crippen molar-refractivity contribution in [1.82, 2.24) is 4.90 Å². The van der Waals surface area contributed by atoms with E-state index in [0.29, 0.717) is 27.8 Å². The molecule has 3 aromatic rings. The molecule has 6 nitrogen and oxygen atoms in total. The molecule has 168 valence electrons. The van der Waals surface area contributed by atoms with Crippen LogP contribution in [0.5, 0.6) is 11.5 Å². The van der Waals surface area contributed by atoms with E-state index in [0.717, 1.165) is 11.1 Å². The lowest BCUT2D eigenvalue weighted by Gasteiger charge is -2.17. The summed E-state index contributed by atoms with van der Waals surface area (Å²) >= 11 is 6.18. The molecule has 1 heterocycles. The average molecular weight is 463 g/mol. The van der Waals surface area contributed by atoms with Crippen molar-refractivity contribution in [2.45, 2.75) is 13.5 Å². The first-order chi connectivity index (χ1) is 15.9. The number of ether oxygens (including phenoxy) is 2. The van der Waals surface area contributed by atoms with Gasteiger partial charge in [0.1, 0.15) is 17.2 Å². The predicted molar refractivity (Wildman–Crippen MR) is 128 cm³/mol. The predicted octanol–water partition coefficient (Wildman–Crippen LogP) is 5.06. The van der Waals surface area contributed by atoms with Crippen LogP contribution in [-0.4, -0.2) is 30.9 Å². The van der Waals surface area contributed by atoms with Gasteiger partial charge in [-0.2, -0.15) is 0 Å². The molecule has 1 aliphatic heterocycles. The van der Waals surface area contributed by atoms with Gasteiger partial charge in [-0.1, -0.05) is 59.6 Å². The van der Waals surface area contributed by atoms with E-state index in [4.69, 9.17) is 21.1 Å².